The van der Waals surface area contributed by atoms with Crippen molar-refractivity contribution < 1.29 is 13.2 Å². The fourth-order valence-electron chi connectivity index (χ4n) is 3.11. The zero-order chi connectivity index (χ0) is 14.6. The normalized spacial score (nSPS) is 24.4. The molecule has 0 spiro atoms. The van der Waals surface area contributed by atoms with E-state index < -0.39 is 11.7 Å². The maximum Gasteiger partial charge on any atom is 0.416 e. The zero-order valence-corrected chi connectivity index (χ0v) is 11.7. The fourth-order valence-corrected chi connectivity index (χ4v) is 3.11. The first-order chi connectivity index (χ1) is 9.52. The Labute approximate surface area is 117 Å². The first kappa shape index (κ1) is 15.3. The van der Waals surface area contributed by atoms with Crippen molar-refractivity contribution >= 4 is 0 Å². The highest BCUT2D eigenvalue weighted by molar-refractivity contribution is 5.30. The van der Waals surface area contributed by atoms with Crippen LogP contribution >= 0.6 is 0 Å². The van der Waals surface area contributed by atoms with E-state index in [4.69, 9.17) is 0 Å². The van der Waals surface area contributed by atoms with Gasteiger partial charge in [0, 0.05) is 18.4 Å². The van der Waals surface area contributed by atoms with Crippen LogP contribution in [0.3, 0.4) is 0 Å². The molecule has 0 bridgehead atoms. The molecule has 1 aliphatic rings. The van der Waals surface area contributed by atoms with Crippen molar-refractivity contribution in [2.24, 2.45) is 0 Å². The van der Waals surface area contributed by atoms with Crippen molar-refractivity contribution in [2.45, 2.75) is 57.2 Å². The summed E-state index contributed by atoms with van der Waals surface area (Å²) in [6.45, 7) is 2.89. The molecule has 0 aliphatic heterocycles. The molecule has 1 saturated carbocycles. The lowest BCUT2D eigenvalue weighted by molar-refractivity contribution is -0.138. The Morgan fingerprint density at radius 3 is 2.75 bits per heavy atom. The molecule has 1 aromatic heterocycles. The fraction of sp³-hybridized carbons (Fsp3) is 0.667. The van der Waals surface area contributed by atoms with Crippen LogP contribution in [0, 0.1) is 0 Å². The summed E-state index contributed by atoms with van der Waals surface area (Å²) in [4.78, 5) is 3.92. The average molecular weight is 286 g/mol. The molecule has 1 fully saturated rings. The number of alkyl halides is 3. The summed E-state index contributed by atoms with van der Waals surface area (Å²) in [6.07, 6.45) is 3.03. The van der Waals surface area contributed by atoms with Crippen LogP contribution in [0.25, 0.3) is 0 Å². The van der Waals surface area contributed by atoms with Gasteiger partial charge >= 0.3 is 6.18 Å². The van der Waals surface area contributed by atoms with Gasteiger partial charge in [-0.15, -0.1) is 0 Å². The monoisotopic (exact) mass is 286 g/mol. The molecule has 2 rings (SSSR count). The molecular formula is C15H21F3N2. The maximum atomic E-state index is 13.1. The van der Waals surface area contributed by atoms with Crippen LogP contribution in [0.1, 0.15) is 56.1 Å². The van der Waals surface area contributed by atoms with Gasteiger partial charge in [0.25, 0.3) is 0 Å². The number of hydrogen-bond acceptors (Lipinski definition) is 2. The molecule has 5 heteroatoms. The molecule has 1 aliphatic carbocycles. The average Bonchev–Trinajstić information content (AvgIpc) is 2.64. The summed E-state index contributed by atoms with van der Waals surface area (Å²) in [6, 6.07) is 1.41. The van der Waals surface area contributed by atoms with E-state index >= 15 is 0 Å². The van der Waals surface area contributed by atoms with Crippen LogP contribution in [-0.2, 0) is 6.18 Å². The Kier molecular flexibility index (Phi) is 5.02. The van der Waals surface area contributed by atoms with Gasteiger partial charge < -0.3 is 5.32 Å². The van der Waals surface area contributed by atoms with Crippen LogP contribution < -0.4 is 5.32 Å². The number of aromatic nitrogens is 1. The van der Waals surface area contributed by atoms with Crippen molar-refractivity contribution in [1.82, 2.24) is 10.3 Å². The molecule has 0 saturated heterocycles. The van der Waals surface area contributed by atoms with Crippen molar-refractivity contribution in [2.75, 3.05) is 6.54 Å². The highest BCUT2D eigenvalue weighted by Gasteiger charge is 2.36. The van der Waals surface area contributed by atoms with Gasteiger partial charge in [0.05, 0.1) is 5.56 Å². The van der Waals surface area contributed by atoms with Gasteiger partial charge in [-0.05, 0) is 43.4 Å². The molecule has 20 heavy (non-hydrogen) atoms. The second-order valence-electron chi connectivity index (χ2n) is 5.43. The minimum absolute atomic E-state index is 0.0492. The number of nitrogens with one attached hydrogen (secondary N) is 1. The van der Waals surface area contributed by atoms with Crippen molar-refractivity contribution in [3.63, 3.8) is 0 Å². The van der Waals surface area contributed by atoms with Gasteiger partial charge in [0.2, 0.25) is 0 Å². The molecular weight excluding hydrogens is 265 g/mol. The molecule has 0 aromatic carbocycles. The van der Waals surface area contributed by atoms with E-state index in [0.29, 0.717) is 11.6 Å². The predicted octanol–water partition coefficient (Wildman–Crippen LogP) is 4.13. The Bertz CT molecular complexity index is 431. The van der Waals surface area contributed by atoms with Crippen LogP contribution in [0.4, 0.5) is 13.2 Å². The van der Waals surface area contributed by atoms with Gasteiger partial charge in [-0.1, -0.05) is 19.8 Å². The van der Waals surface area contributed by atoms with Gasteiger partial charge in [-0.3, -0.25) is 4.98 Å². The Morgan fingerprint density at radius 2 is 2.05 bits per heavy atom. The molecule has 1 N–H and O–H groups in total. The highest BCUT2D eigenvalue weighted by Crippen LogP contribution is 2.39. The minimum atomic E-state index is -4.29. The molecule has 0 amide bonds. The van der Waals surface area contributed by atoms with Gasteiger partial charge in [-0.2, -0.15) is 13.2 Å². The quantitative estimate of drug-likeness (QED) is 0.845. The number of pyridine rings is 1. The molecule has 2 atom stereocenters. The SMILES string of the molecule is CCNC1CCCCC(c2cnccc2C(F)(F)F)C1. The van der Waals surface area contributed by atoms with E-state index in [-0.39, 0.29) is 5.92 Å². The second kappa shape index (κ2) is 6.57. The molecule has 2 nitrogen and oxygen atoms in total. The lowest BCUT2D eigenvalue weighted by atomic mass is 9.88. The third kappa shape index (κ3) is 3.72. The van der Waals surface area contributed by atoms with Crippen LogP contribution in [0.5, 0.6) is 0 Å². The molecule has 1 aromatic rings. The highest BCUT2D eigenvalue weighted by atomic mass is 19.4. The number of hydrogen-bond donors (Lipinski definition) is 1. The Hall–Kier alpha value is -1.10. The predicted molar refractivity (Wildman–Crippen MR) is 72.5 cm³/mol. The third-order valence-corrected chi connectivity index (χ3v) is 4.01. The Balaban J connectivity index is 2.25. The molecule has 112 valence electrons. The number of nitrogens with zero attached hydrogens (tertiary/aromatic N) is 1. The lowest BCUT2D eigenvalue weighted by Crippen LogP contribution is -2.29. The molecule has 1 heterocycles. The largest absolute Gasteiger partial charge is 0.416 e. The zero-order valence-electron chi connectivity index (χ0n) is 11.7. The lowest BCUT2D eigenvalue weighted by Gasteiger charge is -2.23. The van der Waals surface area contributed by atoms with Gasteiger partial charge in [-0.25, -0.2) is 0 Å². The standard InChI is InChI=1S/C15H21F3N2/c1-2-20-12-6-4-3-5-11(9-12)13-10-19-8-7-14(13)15(16,17)18/h7-8,10-12,20H,2-6,9H2,1H3. The van der Waals surface area contributed by atoms with E-state index in [1.807, 2.05) is 6.92 Å². The maximum absolute atomic E-state index is 13.1. The van der Waals surface area contributed by atoms with Gasteiger partial charge in [0.15, 0.2) is 0 Å². The van der Waals surface area contributed by atoms with E-state index in [1.165, 1.54) is 12.4 Å². The topological polar surface area (TPSA) is 24.9 Å². The first-order valence-corrected chi connectivity index (χ1v) is 7.27. The van der Waals surface area contributed by atoms with Crippen molar-refractivity contribution in [3.8, 4) is 0 Å². The summed E-state index contributed by atoms with van der Waals surface area (Å²) in [7, 11) is 0. The summed E-state index contributed by atoms with van der Waals surface area (Å²) in [5.74, 6) is -0.0492. The van der Waals surface area contributed by atoms with Gasteiger partial charge in [0.1, 0.15) is 0 Å². The third-order valence-electron chi connectivity index (χ3n) is 4.01. The van der Waals surface area contributed by atoms with Crippen molar-refractivity contribution in [1.29, 1.82) is 0 Å². The van der Waals surface area contributed by atoms with E-state index in [1.54, 1.807) is 0 Å². The van der Waals surface area contributed by atoms with E-state index in [0.717, 1.165) is 44.7 Å². The Morgan fingerprint density at radius 1 is 1.30 bits per heavy atom. The smallest absolute Gasteiger partial charge is 0.314 e. The summed E-state index contributed by atoms with van der Waals surface area (Å²) < 4.78 is 39.3. The molecule has 0 radical (unpaired) electrons. The summed E-state index contributed by atoms with van der Waals surface area (Å²) in [5, 5.41) is 3.38. The number of rotatable bonds is 3. The second-order valence-corrected chi connectivity index (χ2v) is 5.43. The van der Waals surface area contributed by atoms with E-state index in [9.17, 15) is 13.2 Å². The van der Waals surface area contributed by atoms with E-state index in [2.05, 4.69) is 10.3 Å². The van der Waals surface area contributed by atoms with Crippen molar-refractivity contribution in [3.05, 3.63) is 29.6 Å². The molecule has 2 unspecified atom stereocenters. The van der Waals surface area contributed by atoms with Crippen LogP contribution in [0.2, 0.25) is 0 Å². The van der Waals surface area contributed by atoms with Crippen LogP contribution in [-0.4, -0.2) is 17.6 Å². The first-order valence-electron chi connectivity index (χ1n) is 7.27. The summed E-state index contributed by atoms with van der Waals surface area (Å²) >= 11 is 0. The summed E-state index contributed by atoms with van der Waals surface area (Å²) in [5.41, 5.74) is -0.153. The van der Waals surface area contributed by atoms with Crippen LogP contribution in [0.15, 0.2) is 18.5 Å². The minimum Gasteiger partial charge on any atom is -0.314 e. The number of halogens is 3.